The summed E-state index contributed by atoms with van der Waals surface area (Å²) in [5.74, 6) is -0.788. The fourth-order valence-electron chi connectivity index (χ4n) is 3.84. The number of carboxylic acid groups (broad SMARTS) is 1. The summed E-state index contributed by atoms with van der Waals surface area (Å²) in [5, 5.41) is 10.3. The number of fused-ring (bicyclic) bond motifs is 1. The molecule has 0 unspecified atom stereocenters. The number of pyridine rings is 1. The zero-order valence-electron chi connectivity index (χ0n) is 14.9. The van der Waals surface area contributed by atoms with Crippen LogP contribution in [0.15, 0.2) is 12.3 Å². The molecule has 0 amide bonds. The lowest BCUT2D eigenvalue weighted by Crippen LogP contribution is -2.26. The second-order valence-electron chi connectivity index (χ2n) is 7.15. The first-order valence-electron chi connectivity index (χ1n) is 8.92. The molecular weight excluding hydrogens is 356 g/mol. The Balaban J connectivity index is 1.89. The van der Waals surface area contributed by atoms with Gasteiger partial charge in [0.2, 0.25) is 0 Å². The fraction of sp³-hybridized carbons (Fsp3) is 0.526. The lowest BCUT2D eigenvalue weighted by molar-refractivity contribution is -0.0207. The number of ether oxygens (including phenoxy) is 1. The third kappa shape index (κ3) is 3.76. The van der Waals surface area contributed by atoms with Gasteiger partial charge in [0, 0.05) is 18.1 Å². The minimum atomic E-state index is -1.14. The van der Waals surface area contributed by atoms with Gasteiger partial charge in [-0.25, -0.2) is 9.78 Å². The summed E-state index contributed by atoms with van der Waals surface area (Å²) in [6.45, 7) is 4.65. The maximum atomic E-state index is 11.7. The molecule has 0 bridgehead atoms. The summed E-state index contributed by atoms with van der Waals surface area (Å²) < 4.78 is 7.62. The second kappa shape index (κ2) is 7.76. The number of aromatic nitrogens is 2. The molecule has 26 heavy (non-hydrogen) atoms. The van der Waals surface area contributed by atoms with Crippen molar-refractivity contribution in [2.24, 2.45) is 5.92 Å². The monoisotopic (exact) mass is 378 g/mol. The first kappa shape index (κ1) is 18.9. The molecule has 1 fully saturated rings. The number of nitrogens with zero attached hydrogens (tertiary/aromatic N) is 2. The van der Waals surface area contributed by atoms with Crippen molar-refractivity contribution >= 4 is 34.9 Å². The van der Waals surface area contributed by atoms with Gasteiger partial charge in [-0.1, -0.05) is 11.6 Å². The zero-order valence-corrected chi connectivity index (χ0v) is 15.7. The Morgan fingerprint density at radius 1 is 1.42 bits per heavy atom. The molecule has 1 aliphatic rings. The molecule has 0 atom stereocenters. The van der Waals surface area contributed by atoms with Crippen molar-refractivity contribution in [2.75, 3.05) is 0 Å². The number of hydrogen-bond donors (Lipinski definition) is 1. The Morgan fingerprint density at radius 2 is 2.12 bits per heavy atom. The molecule has 2 aromatic rings. The highest BCUT2D eigenvalue weighted by atomic mass is 35.5. The maximum Gasteiger partial charge on any atom is 0.338 e. The van der Waals surface area contributed by atoms with Gasteiger partial charge in [0.1, 0.15) is 5.65 Å². The summed E-state index contributed by atoms with van der Waals surface area (Å²) in [6, 6.07) is 1.56. The van der Waals surface area contributed by atoms with Crippen LogP contribution in [-0.2, 0) is 11.3 Å². The predicted molar refractivity (Wildman–Crippen MR) is 99.1 cm³/mol. The number of hydrogen-bond acceptors (Lipinski definition) is 4. The Morgan fingerprint density at radius 3 is 2.69 bits per heavy atom. The predicted octanol–water partition coefficient (Wildman–Crippen LogP) is 4.18. The average Bonchev–Trinajstić information content (AvgIpc) is 2.89. The number of halogens is 1. The van der Waals surface area contributed by atoms with Gasteiger partial charge in [-0.15, -0.1) is 0 Å². The Labute approximate surface area is 157 Å². The third-order valence-electron chi connectivity index (χ3n) is 4.93. The lowest BCUT2D eigenvalue weighted by atomic mass is 9.87. The molecule has 2 heterocycles. The zero-order chi connectivity index (χ0) is 18.8. The molecule has 2 aromatic heterocycles. The van der Waals surface area contributed by atoms with Gasteiger partial charge in [-0.2, -0.15) is 0 Å². The van der Waals surface area contributed by atoms with Crippen LogP contribution in [0.4, 0.5) is 0 Å². The molecule has 0 aromatic carbocycles. The second-order valence-corrected chi connectivity index (χ2v) is 7.58. The summed E-state index contributed by atoms with van der Waals surface area (Å²) in [4.78, 5) is 27.7. The van der Waals surface area contributed by atoms with Gasteiger partial charge < -0.3 is 14.4 Å². The molecule has 1 saturated carbocycles. The summed E-state index contributed by atoms with van der Waals surface area (Å²) >= 11 is 5.98. The van der Waals surface area contributed by atoms with E-state index in [9.17, 15) is 14.7 Å². The van der Waals surface area contributed by atoms with E-state index in [0.29, 0.717) is 34.8 Å². The van der Waals surface area contributed by atoms with Crippen LogP contribution in [0, 0.1) is 5.92 Å². The number of carboxylic acids is 1. The first-order chi connectivity index (χ1) is 12.4. The highest BCUT2D eigenvalue weighted by Gasteiger charge is 2.27. The van der Waals surface area contributed by atoms with Crippen molar-refractivity contribution in [1.82, 2.24) is 9.55 Å². The number of carbonyl (C=O) groups excluding carboxylic acids is 1. The highest BCUT2D eigenvalue weighted by molar-refractivity contribution is 6.31. The minimum absolute atomic E-state index is 0.0261. The average molecular weight is 379 g/mol. The van der Waals surface area contributed by atoms with E-state index < -0.39 is 5.97 Å². The van der Waals surface area contributed by atoms with E-state index in [1.807, 2.05) is 13.8 Å². The van der Waals surface area contributed by atoms with Crippen LogP contribution in [0.1, 0.15) is 60.4 Å². The van der Waals surface area contributed by atoms with E-state index in [1.54, 1.807) is 10.6 Å². The highest BCUT2D eigenvalue weighted by Crippen LogP contribution is 2.32. The van der Waals surface area contributed by atoms with Crippen molar-refractivity contribution in [3.8, 4) is 0 Å². The van der Waals surface area contributed by atoms with Gasteiger partial charge in [-0.05, 0) is 51.5 Å². The Bertz CT molecular complexity index is 823. The van der Waals surface area contributed by atoms with Crippen LogP contribution >= 0.6 is 11.6 Å². The van der Waals surface area contributed by atoms with E-state index in [4.69, 9.17) is 16.3 Å². The molecule has 140 valence electrons. The van der Waals surface area contributed by atoms with Crippen molar-refractivity contribution in [2.45, 2.75) is 58.3 Å². The minimum Gasteiger partial charge on any atom is -0.478 e. The van der Waals surface area contributed by atoms with E-state index in [1.165, 1.54) is 6.20 Å². The largest absolute Gasteiger partial charge is 0.478 e. The molecule has 7 heteroatoms. The van der Waals surface area contributed by atoms with E-state index in [-0.39, 0.29) is 23.5 Å². The Hall–Kier alpha value is -1.92. The molecule has 6 nitrogen and oxygen atoms in total. The quantitative estimate of drug-likeness (QED) is 0.762. The number of aromatic carboxylic acids is 1. The van der Waals surface area contributed by atoms with Gasteiger partial charge in [0.05, 0.1) is 28.5 Å². The van der Waals surface area contributed by atoms with Crippen molar-refractivity contribution < 1.29 is 19.4 Å². The fourth-order valence-corrected chi connectivity index (χ4v) is 4.00. The molecule has 3 rings (SSSR count). The van der Waals surface area contributed by atoms with Crippen LogP contribution < -0.4 is 0 Å². The Kier molecular flexibility index (Phi) is 5.63. The molecule has 0 saturated heterocycles. The van der Waals surface area contributed by atoms with E-state index >= 15 is 0 Å². The van der Waals surface area contributed by atoms with Gasteiger partial charge in [0.15, 0.2) is 6.29 Å². The molecular formula is C19H23ClN2O4. The van der Waals surface area contributed by atoms with Crippen LogP contribution in [0.25, 0.3) is 11.0 Å². The molecule has 1 aliphatic carbocycles. The SMILES string of the molecule is CC(C)OC1CCC(Cn2c(C=O)c(C(=O)O)c3cc(Cl)cnc32)CC1. The van der Waals surface area contributed by atoms with Gasteiger partial charge in [0.25, 0.3) is 0 Å². The molecule has 0 radical (unpaired) electrons. The molecule has 1 N–H and O–H groups in total. The number of rotatable bonds is 6. The summed E-state index contributed by atoms with van der Waals surface area (Å²) in [5.41, 5.74) is 0.624. The maximum absolute atomic E-state index is 11.7. The van der Waals surface area contributed by atoms with Gasteiger partial charge >= 0.3 is 5.97 Å². The summed E-state index contributed by atoms with van der Waals surface area (Å²) in [6.07, 6.45) is 6.49. The van der Waals surface area contributed by atoms with Crippen molar-refractivity contribution in [1.29, 1.82) is 0 Å². The van der Waals surface area contributed by atoms with Crippen LogP contribution in [0.2, 0.25) is 5.02 Å². The topological polar surface area (TPSA) is 81.4 Å². The van der Waals surface area contributed by atoms with E-state index in [2.05, 4.69) is 4.98 Å². The van der Waals surface area contributed by atoms with Gasteiger partial charge in [-0.3, -0.25) is 4.79 Å². The standard InChI is InChI=1S/C19H23ClN2O4/c1-11(2)26-14-5-3-12(4-6-14)9-22-16(10-23)17(19(24)25)15-7-13(20)8-21-18(15)22/h7-8,10-12,14H,3-6,9H2,1-2H3,(H,24,25). The number of carbonyl (C=O) groups is 2. The van der Waals surface area contributed by atoms with Crippen molar-refractivity contribution in [3.05, 3.63) is 28.5 Å². The van der Waals surface area contributed by atoms with Crippen molar-refractivity contribution in [3.63, 3.8) is 0 Å². The lowest BCUT2D eigenvalue weighted by Gasteiger charge is -2.30. The number of aldehydes is 1. The van der Waals surface area contributed by atoms with Crippen LogP contribution in [0.5, 0.6) is 0 Å². The molecule has 0 spiro atoms. The normalized spacial score (nSPS) is 20.6. The first-order valence-corrected chi connectivity index (χ1v) is 9.30. The molecule has 0 aliphatic heterocycles. The third-order valence-corrected chi connectivity index (χ3v) is 5.14. The van der Waals surface area contributed by atoms with Crippen LogP contribution in [-0.4, -0.2) is 39.1 Å². The van der Waals surface area contributed by atoms with E-state index in [0.717, 1.165) is 25.7 Å². The van der Waals surface area contributed by atoms with Crippen LogP contribution in [0.3, 0.4) is 0 Å². The summed E-state index contributed by atoms with van der Waals surface area (Å²) in [7, 11) is 0. The smallest absolute Gasteiger partial charge is 0.338 e.